The van der Waals surface area contributed by atoms with Crippen molar-refractivity contribution in [2.24, 2.45) is 0 Å². The molecule has 2 heteroatoms. The number of halogens is 1. The Hall–Kier alpha value is -0.530. The first-order valence-electron chi connectivity index (χ1n) is 1.28. The van der Waals surface area contributed by atoms with Gasteiger partial charge in [-0.25, -0.2) is 0 Å². The SMILES string of the molecule is C/C=C(/O)F. The van der Waals surface area contributed by atoms with Crippen LogP contribution < -0.4 is 0 Å². The van der Waals surface area contributed by atoms with E-state index in [0.717, 1.165) is 6.08 Å². The summed E-state index contributed by atoms with van der Waals surface area (Å²) in [7, 11) is 0. The molecule has 30 valence electrons. The highest BCUT2D eigenvalue weighted by Crippen LogP contribution is 1.82. The predicted molar refractivity (Wildman–Crippen MR) is 17.5 cm³/mol. The fourth-order valence-electron chi connectivity index (χ4n) is 0. The zero-order valence-electron chi connectivity index (χ0n) is 2.90. The zero-order valence-corrected chi connectivity index (χ0v) is 2.90. The van der Waals surface area contributed by atoms with Crippen molar-refractivity contribution in [3.8, 4) is 0 Å². The molecule has 0 unspecified atom stereocenters. The molecule has 0 saturated carbocycles. The van der Waals surface area contributed by atoms with Crippen LogP contribution in [0.3, 0.4) is 0 Å². The van der Waals surface area contributed by atoms with Crippen molar-refractivity contribution in [3.63, 3.8) is 0 Å². The van der Waals surface area contributed by atoms with Crippen molar-refractivity contribution >= 4 is 0 Å². The van der Waals surface area contributed by atoms with Gasteiger partial charge < -0.3 is 5.11 Å². The van der Waals surface area contributed by atoms with Crippen molar-refractivity contribution in [2.75, 3.05) is 0 Å². The third kappa shape index (κ3) is 3.47. The van der Waals surface area contributed by atoms with Gasteiger partial charge in [-0.15, -0.1) is 0 Å². The Kier molecular flexibility index (Phi) is 1.57. The minimum atomic E-state index is -1.12. The van der Waals surface area contributed by atoms with Crippen molar-refractivity contribution in [3.05, 3.63) is 12.1 Å². The molecule has 0 bridgehead atoms. The van der Waals surface area contributed by atoms with Crippen LogP contribution in [-0.4, -0.2) is 5.11 Å². The average Bonchev–Trinajstić information content (AvgIpc) is 1.38. The van der Waals surface area contributed by atoms with Crippen molar-refractivity contribution < 1.29 is 9.50 Å². The first kappa shape index (κ1) is 4.47. The average molecular weight is 76.1 g/mol. The molecule has 0 atom stereocenters. The van der Waals surface area contributed by atoms with Gasteiger partial charge >= 0.3 is 0 Å². The Balaban J connectivity index is 3.14. The molecule has 1 nitrogen and oxygen atoms in total. The summed E-state index contributed by atoms with van der Waals surface area (Å²) in [5.41, 5.74) is 0. The summed E-state index contributed by atoms with van der Waals surface area (Å²) in [4.78, 5) is 0. The Bertz CT molecular complexity index is 44.9. The molecular formula is C3H5FO. The van der Waals surface area contributed by atoms with Crippen LogP contribution in [0.4, 0.5) is 4.39 Å². The Morgan fingerprint density at radius 1 is 2.00 bits per heavy atom. The van der Waals surface area contributed by atoms with E-state index in [4.69, 9.17) is 5.11 Å². The van der Waals surface area contributed by atoms with Gasteiger partial charge in [0, 0.05) is 0 Å². The van der Waals surface area contributed by atoms with Gasteiger partial charge in [0.2, 0.25) is 0 Å². The monoisotopic (exact) mass is 76.0 g/mol. The van der Waals surface area contributed by atoms with Crippen molar-refractivity contribution in [1.29, 1.82) is 0 Å². The lowest BCUT2D eigenvalue weighted by Crippen LogP contribution is -1.57. The fraction of sp³-hybridized carbons (Fsp3) is 0.333. The molecular weight excluding hydrogens is 71.0 g/mol. The maximum Gasteiger partial charge on any atom is 0.265 e. The third-order valence-corrected chi connectivity index (χ3v) is 0.238. The number of hydrogen-bond donors (Lipinski definition) is 1. The summed E-state index contributed by atoms with van der Waals surface area (Å²) < 4.78 is 10.8. The van der Waals surface area contributed by atoms with Crippen LogP contribution >= 0.6 is 0 Å². The normalized spacial score (nSPS) is 12.0. The molecule has 0 fully saturated rings. The van der Waals surface area contributed by atoms with E-state index >= 15 is 0 Å². The summed E-state index contributed by atoms with van der Waals surface area (Å²) in [5.74, 6) is 0. The van der Waals surface area contributed by atoms with E-state index in [1.54, 1.807) is 0 Å². The van der Waals surface area contributed by atoms with Crippen molar-refractivity contribution in [1.82, 2.24) is 0 Å². The third-order valence-electron chi connectivity index (χ3n) is 0.238. The van der Waals surface area contributed by atoms with Gasteiger partial charge in [0.25, 0.3) is 6.01 Å². The zero-order chi connectivity index (χ0) is 4.28. The number of allylic oxidation sites excluding steroid dienone is 1. The Labute approximate surface area is 29.7 Å². The molecule has 0 aromatic heterocycles. The second-order valence-corrected chi connectivity index (χ2v) is 0.611. The van der Waals surface area contributed by atoms with Crippen LogP contribution in [0.2, 0.25) is 0 Å². The number of aliphatic hydroxyl groups is 1. The van der Waals surface area contributed by atoms with Crippen molar-refractivity contribution in [2.45, 2.75) is 6.92 Å². The quantitative estimate of drug-likeness (QED) is 0.432. The smallest absolute Gasteiger partial charge is 0.265 e. The highest BCUT2D eigenvalue weighted by atomic mass is 19.1. The van der Waals surface area contributed by atoms with Crippen LogP contribution in [0.1, 0.15) is 6.92 Å². The molecule has 0 aromatic rings. The molecule has 0 aliphatic rings. The Morgan fingerprint density at radius 2 is 2.20 bits per heavy atom. The van der Waals surface area contributed by atoms with Gasteiger partial charge in [0.15, 0.2) is 0 Å². The van der Waals surface area contributed by atoms with Gasteiger partial charge in [-0.05, 0) is 13.0 Å². The number of aliphatic hydroxyl groups excluding tert-OH is 1. The Morgan fingerprint density at radius 3 is 2.20 bits per heavy atom. The topological polar surface area (TPSA) is 20.2 Å². The first-order valence-corrected chi connectivity index (χ1v) is 1.28. The standard InChI is InChI=1S/C3H5FO/c1-2-3(4)5/h2,5H,1H3/b3-2+. The van der Waals surface area contributed by atoms with Gasteiger partial charge in [0.1, 0.15) is 0 Å². The van der Waals surface area contributed by atoms with E-state index in [-0.39, 0.29) is 0 Å². The van der Waals surface area contributed by atoms with Gasteiger partial charge in [-0.2, -0.15) is 4.39 Å². The van der Waals surface area contributed by atoms with E-state index in [1.807, 2.05) is 0 Å². The lowest BCUT2D eigenvalue weighted by molar-refractivity contribution is 0.282. The van der Waals surface area contributed by atoms with E-state index in [9.17, 15) is 4.39 Å². The van der Waals surface area contributed by atoms with Crippen LogP contribution in [0, 0.1) is 0 Å². The molecule has 0 saturated heterocycles. The fourth-order valence-corrected chi connectivity index (χ4v) is 0. The van der Waals surface area contributed by atoms with E-state index in [1.165, 1.54) is 6.92 Å². The molecule has 0 aliphatic heterocycles. The summed E-state index contributed by atoms with van der Waals surface area (Å²) in [6.45, 7) is 1.41. The first-order chi connectivity index (χ1) is 2.27. The molecule has 0 rings (SSSR count). The molecule has 1 N–H and O–H groups in total. The van der Waals surface area contributed by atoms with Crippen LogP contribution in [-0.2, 0) is 0 Å². The number of rotatable bonds is 0. The maximum absolute atomic E-state index is 10.8. The lowest BCUT2D eigenvalue weighted by Gasteiger charge is -1.69. The highest BCUT2D eigenvalue weighted by molar-refractivity contribution is 4.72. The molecule has 0 heterocycles. The molecule has 0 aliphatic carbocycles. The second-order valence-electron chi connectivity index (χ2n) is 0.611. The van der Waals surface area contributed by atoms with Crippen LogP contribution in [0.15, 0.2) is 12.1 Å². The minimum absolute atomic E-state index is 0.972. The van der Waals surface area contributed by atoms with E-state index in [2.05, 4.69) is 0 Å². The maximum atomic E-state index is 10.8. The predicted octanol–water partition coefficient (Wildman–Crippen LogP) is 1.38. The van der Waals surface area contributed by atoms with Gasteiger partial charge in [-0.1, -0.05) is 0 Å². The van der Waals surface area contributed by atoms with Crippen LogP contribution in [0.5, 0.6) is 0 Å². The summed E-state index contributed by atoms with van der Waals surface area (Å²) >= 11 is 0. The van der Waals surface area contributed by atoms with Gasteiger partial charge in [0.05, 0.1) is 0 Å². The minimum Gasteiger partial charge on any atom is -0.487 e. The molecule has 0 amide bonds. The van der Waals surface area contributed by atoms with Gasteiger partial charge in [-0.3, -0.25) is 0 Å². The lowest BCUT2D eigenvalue weighted by atomic mass is 10.7. The molecule has 0 spiro atoms. The number of hydrogen-bond acceptors (Lipinski definition) is 1. The van der Waals surface area contributed by atoms with E-state index < -0.39 is 6.01 Å². The molecule has 0 aromatic carbocycles. The highest BCUT2D eigenvalue weighted by Gasteiger charge is 1.70. The second kappa shape index (κ2) is 1.76. The molecule has 0 radical (unpaired) electrons. The van der Waals surface area contributed by atoms with E-state index in [0.29, 0.717) is 0 Å². The largest absolute Gasteiger partial charge is 0.487 e. The summed E-state index contributed by atoms with van der Waals surface area (Å²) in [6, 6.07) is -1.12. The molecule has 5 heavy (non-hydrogen) atoms. The summed E-state index contributed by atoms with van der Waals surface area (Å²) in [5, 5.41) is 7.56. The van der Waals surface area contributed by atoms with Crippen LogP contribution in [0.25, 0.3) is 0 Å². The summed E-state index contributed by atoms with van der Waals surface area (Å²) in [6.07, 6.45) is 0.972.